The van der Waals surface area contributed by atoms with Crippen LogP contribution in [-0.2, 0) is 14.3 Å². The number of aromatic nitrogens is 1. The Morgan fingerprint density at radius 3 is 2.75 bits per heavy atom. The van der Waals surface area contributed by atoms with E-state index in [1.165, 1.54) is 23.1 Å². The number of fused-ring (bicyclic) bond motifs is 1. The molecule has 142 valence electrons. The maximum absolute atomic E-state index is 12.2. The van der Waals surface area contributed by atoms with Crippen molar-refractivity contribution in [2.75, 3.05) is 12.4 Å². The standard InChI is InChI=1S/C20H15ClN2O3S2/c1-12-10-28-20(23-12)14(8-22)16(24)9-26-18(25)11-27-17-7-3-5-13-4-2-6-15(21)19(13)17/h2-7,10,14H,9,11H2,1H3/t14-/m0/s1. The summed E-state index contributed by atoms with van der Waals surface area (Å²) in [6, 6.07) is 13.3. The molecule has 0 saturated heterocycles. The number of aryl methyl sites for hydroxylation is 1. The van der Waals surface area contributed by atoms with Gasteiger partial charge in [0, 0.05) is 26.4 Å². The number of thiazole rings is 1. The van der Waals surface area contributed by atoms with Crippen molar-refractivity contribution in [3.63, 3.8) is 0 Å². The Kier molecular flexibility index (Phi) is 6.68. The summed E-state index contributed by atoms with van der Waals surface area (Å²) in [7, 11) is 0. The number of esters is 1. The van der Waals surface area contributed by atoms with Gasteiger partial charge in [-0.1, -0.05) is 35.9 Å². The van der Waals surface area contributed by atoms with Gasteiger partial charge in [0.25, 0.3) is 0 Å². The molecule has 5 nitrogen and oxygen atoms in total. The van der Waals surface area contributed by atoms with Crippen LogP contribution in [-0.4, -0.2) is 29.1 Å². The van der Waals surface area contributed by atoms with E-state index in [1.54, 1.807) is 18.4 Å². The first-order valence-corrected chi connectivity index (χ1v) is 10.5. The molecular weight excluding hydrogens is 416 g/mol. The van der Waals surface area contributed by atoms with Gasteiger partial charge in [-0.2, -0.15) is 5.26 Å². The highest BCUT2D eigenvalue weighted by molar-refractivity contribution is 8.00. The van der Waals surface area contributed by atoms with Crippen molar-refractivity contribution in [2.45, 2.75) is 17.7 Å². The number of carbonyl (C=O) groups is 2. The summed E-state index contributed by atoms with van der Waals surface area (Å²) in [5, 5.41) is 13.9. The molecule has 2 aromatic carbocycles. The van der Waals surface area contributed by atoms with E-state index in [0.29, 0.717) is 10.0 Å². The second-order valence-electron chi connectivity index (χ2n) is 5.90. The highest BCUT2D eigenvalue weighted by Crippen LogP contribution is 2.33. The molecule has 1 aromatic heterocycles. The van der Waals surface area contributed by atoms with E-state index in [4.69, 9.17) is 16.3 Å². The second kappa shape index (κ2) is 9.20. The first-order valence-electron chi connectivity index (χ1n) is 8.29. The number of ether oxygens (including phenoxy) is 1. The molecule has 0 spiro atoms. The molecule has 0 aliphatic rings. The average molecular weight is 431 g/mol. The predicted octanol–water partition coefficient (Wildman–Crippen LogP) is 4.77. The topological polar surface area (TPSA) is 80.0 Å². The number of nitriles is 1. The first-order chi connectivity index (χ1) is 13.5. The van der Waals surface area contributed by atoms with E-state index in [1.807, 2.05) is 36.4 Å². The maximum atomic E-state index is 12.2. The number of halogens is 1. The molecule has 1 atom stereocenters. The minimum Gasteiger partial charge on any atom is -0.457 e. The van der Waals surface area contributed by atoms with Crippen molar-refractivity contribution in [2.24, 2.45) is 0 Å². The Labute approximate surface area is 175 Å². The number of hydrogen-bond donors (Lipinski definition) is 0. The molecule has 0 saturated carbocycles. The van der Waals surface area contributed by atoms with Gasteiger partial charge in [-0.05, 0) is 24.4 Å². The van der Waals surface area contributed by atoms with Crippen molar-refractivity contribution in [3.8, 4) is 6.07 Å². The number of nitrogens with zero attached hydrogens (tertiary/aromatic N) is 2. The van der Waals surface area contributed by atoms with Gasteiger partial charge in [-0.3, -0.25) is 9.59 Å². The van der Waals surface area contributed by atoms with Crippen LogP contribution >= 0.6 is 34.7 Å². The predicted molar refractivity (Wildman–Crippen MR) is 111 cm³/mol. The van der Waals surface area contributed by atoms with Crippen LogP contribution in [0.25, 0.3) is 10.8 Å². The molecule has 0 unspecified atom stereocenters. The van der Waals surface area contributed by atoms with Gasteiger partial charge in [0.05, 0.1) is 11.8 Å². The lowest BCUT2D eigenvalue weighted by molar-refractivity contribution is -0.145. The minimum absolute atomic E-state index is 0.0329. The summed E-state index contributed by atoms with van der Waals surface area (Å²) in [5.74, 6) is -2.00. The second-order valence-corrected chi connectivity index (χ2v) is 8.21. The molecule has 1 heterocycles. The van der Waals surface area contributed by atoms with Gasteiger partial charge in [0.15, 0.2) is 18.3 Å². The van der Waals surface area contributed by atoms with E-state index in [9.17, 15) is 14.9 Å². The Hall–Kier alpha value is -2.40. The molecule has 3 rings (SSSR count). The minimum atomic E-state index is -1.02. The number of carbonyl (C=O) groups excluding carboxylic acids is 2. The summed E-state index contributed by atoms with van der Waals surface area (Å²) >= 11 is 8.82. The number of ketones is 1. The molecular formula is C20H15ClN2O3S2. The Balaban J connectivity index is 1.58. The Morgan fingerprint density at radius 2 is 2.07 bits per heavy atom. The molecule has 0 aliphatic heterocycles. The quantitative estimate of drug-likeness (QED) is 0.396. The zero-order valence-corrected chi connectivity index (χ0v) is 17.2. The van der Waals surface area contributed by atoms with Crippen LogP contribution in [0.3, 0.4) is 0 Å². The molecule has 0 bridgehead atoms. The van der Waals surface area contributed by atoms with Gasteiger partial charge in [0.2, 0.25) is 0 Å². The lowest BCUT2D eigenvalue weighted by atomic mass is 10.1. The fraction of sp³-hybridized carbons (Fsp3) is 0.200. The molecule has 0 radical (unpaired) electrons. The van der Waals surface area contributed by atoms with Gasteiger partial charge in [-0.25, -0.2) is 4.98 Å². The smallest absolute Gasteiger partial charge is 0.316 e. The van der Waals surface area contributed by atoms with Crippen molar-refractivity contribution in [1.82, 2.24) is 4.98 Å². The van der Waals surface area contributed by atoms with Crippen LogP contribution in [0.15, 0.2) is 46.7 Å². The van der Waals surface area contributed by atoms with Crippen LogP contribution in [0.5, 0.6) is 0 Å². The number of benzene rings is 2. The molecule has 0 aliphatic carbocycles. The first kappa shape index (κ1) is 20.3. The van der Waals surface area contributed by atoms with Crippen molar-refractivity contribution in [3.05, 3.63) is 57.5 Å². The third-order valence-electron chi connectivity index (χ3n) is 3.87. The van der Waals surface area contributed by atoms with Crippen LogP contribution in [0.4, 0.5) is 0 Å². The normalized spacial score (nSPS) is 11.8. The fourth-order valence-electron chi connectivity index (χ4n) is 2.57. The number of thioether (sulfide) groups is 1. The highest BCUT2D eigenvalue weighted by Gasteiger charge is 2.24. The molecule has 28 heavy (non-hydrogen) atoms. The number of Topliss-reactive ketones (excluding diaryl/α,β-unsaturated/α-hetero) is 1. The number of rotatable bonds is 7. The van der Waals surface area contributed by atoms with Crippen LogP contribution < -0.4 is 0 Å². The van der Waals surface area contributed by atoms with Crippen LogP contribution in [0.1, 0.15) is 16.6 Å². The van der Waals surface area contributed by atoms with E-state index in [-0.39, 0.29) is 5.75 Å². The van der Waals surface area contributed by atoms with Gasteiger partial charge < -0.3 is 4.74 Å². The van der Waals surface area contributed by atoms with Crippen LogP contribution in [0, 0.1) is 18.3 Å². The van der Waals surface area contributed by atoms with Crippen molar-refractivity contribution >= 4 is 57.2 Å². The monoisotopic (exact) mass is 430 g/mol. The fourth-order valence-corrected chi connectivity index (χ4v) is 4.67. The molecule has 8 heteroatoms. The number of hydrogen-bond acceptors (Lipinski definition) is 7. The summed E-state index contributed by atoms with van der Waals surface area (Å²) in [6.45, 7) is 1.34. The summed E-state index contributed by atoms with van der Waals surface area (Å²) in [5.41, 5.74) is 0.746. The average Bonchev–Trinajstić information content (AvgIpc) is 3.11. The molecule has 3 aromatic rings. The zero-order valence-electron chi connectivity index (χ0n) is 14.8. The van der Waals surface area contributed by atoms with E-state index in [2.05, 4.69) is 4.98 Å². The van der Waals surface area contributed by atoms with Crippen molar-refractivity contribution < 1.29 is 14.3 Å². The largest absolute Gasteiger partial charge is 0.457 e. The third-order valence-corrected chi connectivity index (χ3v) is 6.25. The van der Waals surface area contributed by atoms with Gasteiger partial charge in [-0.15, -0.1) is 23.1 Å². The van der Waals surface area contributed by atoms with Crippen LogP contribution in [0.2, 0.25) is 5.02 Å². The Morgan fingerprint density at radius 1 is 1.32 bits per heavy atom. The third kappa shape index (κ3) is 4.71. The van der Waals surface area contributed by atoms with Gasteiger partial charge >= 0.3 is 5.97 Å². The Bertz CT molecular complexity index is 1070. The highest BCUT2D eigenvalue weighted by atomic mass is 35.5. The van der Waals surface area contributed by atoms with Crippen molar-refractivity contribution in [1.29, 1.82) is 5.26 Å². The molecule has 0 amide bonds. The SMILES string of the molecule is Cc1csc([C@@H](C#N)C(=O)COC(=O)CSc2cccc3cccc(Cl)c23)n1. The van der Waals surface area contributed by atoms with E-state index < -0.39 is 24.3 Å². The summed E-state index contributed by atoms with van der Waals surface area (Å²) in [4.78, 5) is 29.3. The van der Waals surface area contributed by atoms with Gasteiger partial charge in [0.1, 0.15) is 5.01 Å². The lowest BCUT2D eigenvalue weighted by Crippen LogP contribution is -2.20. The van der Waals surface area contributed by atoms with E-state index in [0.717, 1.165) is 21.4 Å². The lowest BCUT2D eigenvalue weighted by Gasteiger charge is -2.09. The molecule has 0 N–H and O–H groups in total. The summed E-state index contributed by atoms with van der Waals surface area (Å²) in [6.07, 6.45) is 0. The molecule has 0 fully saturated rings. The maximum Gasteiger partial charge on any atom is 0.316 e. The zero-order chi connectivity index (χ0) is 20.1. The van der Waals surface area contributed by atoms with E-state index >= 15 is 0 Å². The summed E-state index contributed by atoms with van der Waals surface area (Å²) < 4.78 is 5.06.